The highest BCUT2D eigenvalue weighted by Gasteiger charge is 2.36. The average Bonchev–Trinajstić information content (AvgIpc) is 3.07. The first-order chi connectivity index (χ1) is 12.0. The lowest BCUT2D eigenvalue weighted by Gasteiger charge is -2.13. The second kappa shape index (κ2) is 5.55. The summed E-state index contributed by atoms with van der Waals surface area (Å²) >= 11 is 0. The number of aromatic nitrogens is 2. The van der Waals surface area contributed by atoms with Crippen LogP contribution in [0.1, 0.15) is 26.5 Å². The first-order valence-corrected chi connectivity index (χ1v) is 7.74. The number of H-pyrrole nitrogens is 1. The van der Waals surface area contributed by atoms with Gasteiger partial charge in [-0.15, -0.1) is 0 Å². The Balaban J connectivity index is 1.50. The number of nitrogens with one attached hydrogen (secondary N) is 2. The second-order valence-corrected chi connectivity index (χ2v) is 5.84. The maximum Gasteiger partial charge on any atom is 0.262 e. The molecular formula is C18H14N4O3. The van der Waals surface area contributed by atoms with Crippen LogP contribution in [0.2, 0.25) is 0 Å². The molecule has 7 heteroatoms. The Bertz CT molecular complexity index is 1000. The normalized spacial score (nSPS) is 13.4. The first-order valence-electron chi connectivity index (χ1n) is 7.74. The fourth-order valence-electron chi connectivity index (χ4n) is 2.94. The number of carbonyl (C=O) groups is 3. The maximum atomic E-state index is 12.3. The van der Waals surface area contributed by atoms with Crippen LogP contribution < -0.4 is 5.32 Å². The average molecular weight is 334 g/mol. The number of amides is 3. The lowest BCUT2D eigenvalue weighted by atomic mass is 10.1. The molecular weight excluding hydrogens is 320 g/mol. The van der Waals surface area contributed by atoms with Crippen molar-refractivity contribution in [3.8, 4) is 0 Å². The predicted octanol–water partition coefficient (Wildman–Crippen LogP) is 2.11. The van der Waals surface area contributed by atoms with Crippen LogP contribution in [0.5, 0.6) is 0 Å². The molecule has 3 amide bonds. The van der Waals surface area contributed by atoms with Gasteiger partial charge >= 0.3 is 0 Å². The Morgan fingerprint density at radius 3 is 2.48 bits per heavy atom. The number of fused-ring (bicyclic) bond motifs is 2. The standard InChI is InChI=1S/C18H14N4O3/c1-10-19-14-7-6-11(8-15(14)20-10)21-16(23)9-22-17(24)12-4-2-3-5-13(12)18(22)25/h2-8H,9H2,1H3,(H,19,20)(H,21,23). The highest BCUT2D eigenvalue weighted by Crippen LogP contribution is 2.22. The Morgan fingerprint density at radius 1 is 1.12 bits per heavy atom. The van der Waals surface area contributed by atoms with Crippen molar-refractivity contribution in [1.29, 1.82) is 0 Å². The topological polar surface area (TPSA) is 95.2 Å². The minimum absolute atomic E-state index is 0.327. The molecule has 0 radical (unpaired) electrons. The van der Waals surface area contributed by atoms with Crippen LogP contribution in [0.3, 0.4) is 0 Å². The summed E-state index contributed by atoms with van der Waals surface area (Å²) in [5.41, 5.74) is 2.83. The number of carbonyl (C=O) groups excluding carboxylic acids is 3. The van der Waals surface area contributed by atoms with Gasteiger partial charge in [0.25, 0.3) is 11.8 Å². The van der Waals surface area contributed by atoms with Crippen LogP contribution in [-0.2, 0) is 4.79 Å². The summed E-state index contributed by atoms with van der Waals surface area (Å²) in [5.74, 6) is -0.555. The summed E-state index contributed by atoms with van der Waals surface area (Å²) in [6.07, 6.45) is 0. The van der Waals surface area contributed by atoms with Gasteiger partial charge < -0.3 is 10.3 Å². The van der Waals surface area contributed by atoms with Crippen LogP contribution in [-0.4, -0.2) is 39.1 Å². The van der Waals surface area contributed by atoms with E-state index in [0.717, 1.165) is 21.8 Å². The van der Waals surface area contributed by atoms with Gasteiger partial charge in [-0.25, -0.2) is 4.98 Å². The van der Waals surface area contributed by atoms with E-state index in [9.17, 15) is 14.4 Å². The van der Waals surface area contributed by atoms with Gasteiger partial charge in [0.15, 0.2) is 0 Å². The molecule has 124 valence electrons. The molecule has 0 spiro atoms. The van der Waals surface area contributed by atoms with Crippen molar-refractivity contribution in [2.75, 3.05) is 11.9 Å². The van der Waals surface area contributed by atoms with Crippen molar-refractivity contribution in [3.05, 3.63) is 59.4 Å². The number of hydrogen-bond acceptors (Lipinski definition) is 4. The lowest BCUT2D eigenvalue weighted by molar-refractivity contribution is -0.116. The zero-order chi connectivity index (χ0) is 17.6. The Morgan fingerprint density at radius 2 is 1.80 bits per heavy atom. The number of imidazole rings is 1. The SMILES string of the molecule is Cc1nc2ccc(NC(=O)CN3C(=O)c4ccccc4C3=O)cc2[nH]1. The fourth-order valence-corrected chi connectivity index (χ4v) is 2.94. The minimum atomic E-state index is -0.449. The molecule has 1 aromatic heterocycles. The van der Waals surface area contributed by atoms with Crippen molar-refractivity contribution < 1.29 is 14.4 Å². The second-order valence-electron chi connectivity index (χ2n) is 5.84. The molecule has 0 atom stereocenters. The van der Waals surface area contributed by atoms with Crippen molar-refractivity contribution >= 4 is 34.4 Å². The molecule has 0 bridgehead atoms. The van der Waals surface area contributed by atoms with Crippen LogP contribution in [0.4, 0.5) is 5.69 Å². The van der Waals surface area contributed by atoms with Gasteiger partial charge in [0, 0.05) is 5.69 Å². The van der Waals surface area contributed by atoms with Crippen molar-refractivity contribution in [3.63, 3.8) is 0 Å². The van der Waals surface area contributed by atoms with Gasteiger partial charge in [-0.3, -0.25) is 19.3 Å². The molecule has 1 aliphatic rings. The molecule has 7 nitrogen and oxygen atoms in total. The Labute approximate surface area is 142 Å². The number of aromatic amines is 1. The number of aryl methyl sites for hydroxylation is 1. The molecule has 0 saturated carbocycles. The number of rotatable bonds is 3. The quantitative estimate of drug-likeness (QED) is 0.717. The molecule has 0 saturated heterocycles. The molecule has 2 N–H and O–H groups in total. The number of anilines is 1. The number of imide groups is 1. The zero-order valence-corrected chi connectivity index (χ0v) is 13.4. The monoisotopic (exact) mass is 334 g/mol. The lowest BCUT2D eigenvalue weighted by Crippen LogP contribution is -2.37. The zero-order valence-electron chi connectivity index (χ0n) is 13.4. The predicted molar refractivity (Wildman–Crippen MR) is 91.3 cm³/mol. The molecule has 0 fully saturated rings. The summed E-state index contributed by atoms with van der Waals surface area (Å²) < 4.78 is 0. The van der Waals surface area contributed by atoms with Crippen molar-refractivity contribution in [2.24, 2.45) is 0 Å². The van der Waals surface area contributed by atoms with E-state index < -0.39 is 17.7 Å². The van der Waals surface area contributed by atoms with Crippen molar-refractivity contribution in [1.82, 2.24) is 14.9 Å². The van der Waals surface area contributed by atoms with E-state index in [1.54, 1.807) is 42.5 Å². The summed E-state index contributed by atoms with van der Waals surface area (Å²) in [6, 6.07) is 11.8. The van der Waals surface area contributed by atoms with Crippen LogP contribution in [0.15, 0.2) is 42.5 Å². The highest BCUT2D eigenvalue weighted by molar-refractivity contribution is 6.22. The van der Waals surface area contributed by atoms with E-state index in [2.05, 4.69) is 15.3 Å². The van der Waals surface area contributed by atoms with Gasteiger partial charge in [-0.1, -0.05) is 12.1 Å². The number of hydrogen-bond donors (Lipinski definition) is 2. The summed E-state index contributed by atoms with van der Waals surface area (Å²) in [6.45, 7) is 1.52. The molecule has 1 aliphatic heterocycles. The molecule has 2 aromatic carbocycles. The molecule has 0 unspecified atom stereocenters. The van der Waals surface area contributed by atoms with Gasteiger partial charge in [-0.2, -0.15) is 0 Å². The number of nitrogens with zero attached hydrogens (tertiary/aromatic N) is 2. The van der Waals surface area contributed by atoms with Crippen molar-refractivity contribution in [2.45, 2.75) is 6.92 Å². The molecule has 25 heavy (non-hydrogen) atoms. The summed E-state index contributed by atoms with van der Waals surface area (Å²) in [4.78, 5) is 45.2. The summed E-state index contributed by atoms with van der Waals surface area (Å²) in [7, 11) is 0. The Kier molecular flexibility index (Phi) is 3.35. The van der Waals surface area contributed by atoms with E-state index in [1.165, 1.54) is 0 Å². The first kappa shape index (κ1) is 15.1. The van der Waals surface area contributed by atoms with Gasteiger partial charge in [0.1, 0.15) is 12.4 Å². The third kappa shape index (κ3) is 2.55. The number of benzene rings is 2. The van der Waals surface area contributed by atoms with Gasteiger partial charge in [0.2, 0.25) is 5.91 Å². The van der Waals surface area contributed by atoms with E-state index >= 15 is 0 Å². The molecule has 0 aliphatic carbocycles. The Hall–Kier alpha value is -3.48. The van der Waals surface area contributed by atoms with Gasteiger partial charge in [0.05, 0.1) is 22.2 Å². The van der Waals surface area contributed by atoms with E-state index in [0.29, 0.717) is 16.8 Å². The minimum Gasteiger partial charge on any atom is -0.342 e. The third-order valence-electron chi connectivity index (χ3n) is 4.06. The smallest absolute Gasteiger partial charge is 0.262 e. The summed E-state index contributed by atoms with van der Waals surface area (Å²) in [5, 5.41) is 2.71. The third-order valence-corrected chi connectivity index (χ3v) is 4.06. The van der Waals surface area contributed by atoms with E-state index in [1.807, 2.05) is 6.92 Å². The highest BCUT2D eigenvalue weighted by atomic mass is 16.2. The molecule has 2 heterocycles. The van der Waals surface area contributed by atoms with Crippen LogP contribution in [0, 0.1) is 6.92 Å². The van der Waals surface area contributed by atoms with E-state index in [-0.39, 0.29) is 6.54 Å². The van der Waals surface area contributed by atoms with E-state index in [4.69, 9.17) is 0 Å². The largest absolute Gasteiger partial charge is 0.342 e. The van der Waals surface area contributed by atoms with Crippen LogP contribution in [0.25, 0.3) is 11.0 Å². The van der Waals surface area contributed by atoms with Crippen LogP contribution >= 0.6 is 0 Å². The van der Waals surface area contributed by atoms with Gasteiger partial charge in [-0.05, 0) is 37.3 Å². The molecule has 3 aromatic rings. The molecule has 4 rings (SSSR count). The maximum absolute atomic E-state index is 12.3. The fraction of sp³-hybridized carbons (Fsp3) is 0.111.